The Hall–Kier alpha value is -2.59. The highest BCUT2D eigenvalue weighted by Gasteiger charge is 2.09. The first-order valence-corrected chi connectivity index (χ1v) is 7.65. The highest BCUT2D eigenvalue weighted by atomic mass is 16.5. The van der Waals surface area contributed by atoms with Crippen LogP contribution in [0, 0.1) is 0 Å². The van der Waals surface area contributed by atoms with Crippen molar-refractivity contribution in [2.45, 2.75) is 13.2 Å². The van der Waals surface area contributed by atoms with Crippen LogP contribution in [0.3, 0.4) is 0 Å². The summed E-state index contributed by atoms with van der Waals surface area (Å²) < 4.78 is 5.31. The molecule has 1 aromatic heterocycles. The van der Waals surface area contributed by atoms with Gasteiger partial charge in [-0.2, -0.15) is 0 Å². The van der Waals surface area contributed by atoms with Crippen LogP contribution in [0.1, 0.15) is 11.1 Å². The van der Waals surface area contributed by atoms with E-state index in [-0.39, 0.29) is 12.5 Å². The Kier molecular flexibility index (Phi) is 4.74. The average Bonchev–Trinajstić information content (AvgIpc) is 3.01. The summed E-state index contributed by atoms with van der Waals surface area (Å²) in [6.45, 7) is 1.31. The number of carbonyl (C=O) groups is 1. The second-order valence-corrected chi connectivity index (χ2v) is 5.72. The molecule has 0 bridgehead atoms. The zero-order chi connectivity index (χ0) is 16.1. The molecular formula is C19H20N2O2. The fraction of sp³-hybridized carbons (Fsp3) is 0.211. The molecule has 3 aromatic rings. The number of benzene rings is 2. The van der Waals surface area contributed by atoms with Crippen LogP contribution in [-0.4, -0.2) is 29.4 Å². The van der Waals surface area contributed by atoms with Crippen molar-refractivity contribution in [2.24, 2.45) is 0 Å². The van der Waals surface area contributed by atoms with Crippen molar-refractivity contribution in [3.05, 3.63) is 71.9 Å². The zero-order valence-corrected chi connectivity index (χ0v) is 13.2. The number of fused-ring (bicyclic) bond motifs is 1. The van der Waals surface area contributed by atoms with Gasteiger partial charge in [0.1, 0.15) is 6.61 Å². The largest absolute Gasteiger partial charge is 0.460 e. The van der Waals surface area contributed by atoms with Crippen LogP contribution in [0.25, 0.3) is 10.9 Å². The molecule has 0 aliphatic carbocycles. The van der Waals surface area contributed by atoms with Crippen LogP contribution in [0.2, 0.25) is 0 Å². The molecule has 0 saturated heterocycles. The second kappa shape index (κ2) is 7.11. The smallest absolute Gasteiger partial charge is 0.320 e. The monoisotopic (exact) mass is 308 g/mol. The van der Waals surface area contributed by atoms with E-state index in [2.05, 4.69) is 23.2 Å². The van der Waals surface area contributed by atoms with Crippen molar-refractivity contribution in [1.82, 2.24) is 9.88 Å². The molecule has 1 heterocycles. The van der Waals surface area contributed by atoms with Crippen LogP contribution >= 0.6 is 0 Å². The third-order valence-corrected chi connectivity index (χ3v) is 3.71. The standard InChI is InChI=1S/C19H20N2O2/c1-21(12-16-7-8-18-17(11-16)9-10-20-18)13-19(22)23-14-15-5-3-2-4-6-15/h2-11,20H,12-14H2,1H3. The molecule has 0 spiro atoms. The SMILES string of the molecule is CN(CC(=O)OCc1ccccc1)Cc1ccc2[nH]ccc2c1. The summed E-state index contributed by atoms with van der Waals surface area (Å²) in [5.74, 6) is -0.209. The number of likely N-dealkylation sites (N-methyl/N-ethyl adjacent to an activating group) is 1. The summed E-state index contributed by atoms with van der Waals surface area (Å²) in [4.78, 5) is 17.1. The number of rotatable bonds is 6. The summed E-state index contributed by atoms with van der Waals surface area (Å²) in [7, 11) is 1.92. The predicted octanol–water partition coefficient (Wildman–Crippen LogP) is 3.34. The minimum absolute atomic E-state index is 0.209. The van der Waals surface area contributed by atoms with E-state index in [4.69, 9.17) is 4.74 Å². The molecule has 23 heavy (non-hydrogen) atoms. The van der Waals surface area contributed by atoms with Gasteiger partial charge in [-0.3, -0.25) is 9.69 Å². The number of nitrogens with zero attached hydrogens (tertiary/aromatic N) is 1. The van der Waals surface area contributed by atoms with Gasteiger partial charge in [-0.15, -0.1) is 0 Å². The molecule has 0 saturated carbocycles. The van der Waals surface area contributed by atoms with Crippen molar-refractivity contribution in [3.63, 3.8) is 0 Å². The van der Waals surface area contributed by atoms with Crippen molar-refractivity contribution < 1.29 is 9.53 Å². The van der Waals surface area contributed by atoms with E-state index in [0.29, 0.717) is 13.2 Å². The third-order valence-electron chi connectivity index (χ3n) is 3.71. The molecular weight excluding hydrogens is 288 g/mol. The van der Waals surface area contributed by atoms with Crippen molar-refractivity contribution in [3.8, 4) is 0 Å². The second-order valence-electron chi connectivity index (χ2n) is 5.72. The molecule has 0 fully saturated rings. The minimum Gasteiger partial charge on any atom is -0.460 e. The summed E-state index contributed by atoms with van der Waals surface area (Å²) in [5.41, 5.74) is 3.30. The Morgan fingerprint density at radius 2 is 1.91 bits per heavy atom. The normalized spacial score (nSPS) is 11.0. The van der Waals surface area contributed by atoms with E-state index in [0.717, 1.165) is 11.1 Å². The fourth-order valence-corrected chi connectivity index (χ4v) is 2.57. The van der Waals surface area contributed by atoms with Crippen LogP contribution in [0.5, 0.6) is 0 Å². The van der Waals surface area contributed by atoms with E-state index >= 15 is 0 Å². The topological polar surface area (TPSA) is 45.3 Å². The lowest BCUT2D eigenvalue weighted by Gasteiger charge is -2.16. The van der Waals surface area contributed by atoms with Gasteiger partial charge in [0.2, 0.25) is 0 Å². The molecule has 0 unspecified atom stereocenters. The summed E-state index contributed by atoms with van der Waals surface area (Å²) >= 11 is 0. The molecule has 0 aliphatic rings. The number of H-pyrrole nitrogens is 1. The van der Waals surface area contributed by atoms with Crippen LogP contribution in [0.4, 0.5) is 0 Å². The molecule has 0 radical (unpaired) electrons. The van der Waals surface area contributed by atoms with Gasteiger partial charge >= 0.3 is 5.97 Å². The van der Waals surface area contributed by atoms with Gasteiger partial charge in [0, 0.05) is 18.3 Å². The Bertz CT molecular complexity index is 780. The Balaban J connectivity index is 1.50. The van der Waals surface area contributed by atoms with Gasteiger partial charge in [-0.1, -0.05) is 36.4 Å². The van der Waals surface area contributed by atoms with Gasteiger partial charge in [0.05, 0.1) is 6.54 Å². The number of aromatic nitrogens is 1. The highest BCUT2D eigenvalue weighted by molar-refractivity contribution is 5.79. The molecule has 0 amide bonds. The number of ether oxygens (including phenoxy) is 1. The molecule has 118 valence electrons. The van der Waals surface area contributed by atoms with Gasteiger partial charge in [-0.05, 0) is 41.8 Å². The number of nitrogens with one attached hydrogen (secondary N) is 1. The van der Waals surface area contributed by atoms with E-state index in [1.807, 2.05) is 54.5 Å². The lowest BCUT2D eigenvalue weighted by Crippen LogP contribution is -2.26. The number of hydrogen-bond donors (Lipinski definition) is 1. The van der Waals surface area contributed by atoms with E-state index in [1.54, 1.807) is 0 Å². The number of carbonyl (C=O) groups excluding carboxylic acids is 1. The van der Waals surface area contributed by atoms with Crippen LogP contribution in [0.15, 0.2) is 60.8 Å². The number of aromatic amines is 1. The van der Waals surface area contributed by atoms with Gasteiger partial charge in [0.25, 0.3) is 0 Å². The maximum absolute atomic E-state index is 11.9. The lowest BCUT2D eigenvalue weighted by molar-refractivity contribution is -0.146. The first kappa shape index (κ1) is 15.3. The van der Waals surface area contributed by atoms with Gasteiger partial charge in [-0.25, -0.2) is 0 Å². The Labute approximate surface area is 135 Å². The molecule has 4 heteroatoms. The van der Waals surface area contributed by atoms with Crippen molar-refractivity contribution >= 4 is 16.9 Å². The van der Waals surface area contributed by atoms with Crippen molar-refractivity contribution in [1.29, 1.82) is 0 Å². The average molecular weight is 308 g/mol. The fourth-order valence-electron chi connectivity index (χ4n) is 2.57. The highest BCUT2D eigenvalue weighted by Crippen LogP contribution is 2.15. The van der Waals surface area contributed by atoms with Crippen LogP contribution < -0.4 is 0 Å². The van der Waals surface area contributed by atoms with E-state index in [9.17, 15) is 4.79 Å². The van der Waals surface area contributed by atoms with Gasteiger partial charge < -0.3 is 9.72 Å². The lowest BCUT2D eigenvalue weighted by atomic mass is 10.1. The Morgan fingerprint density at radius 1 is 1.09 bits per heavy atom. The first-order valence-electron chi connectivity index (χ1n) is 7.65. The molecule has 2 aromatic carbocycles. The molecule has 3 rings (SSSR count). The quantitative estimate of drug-likeness (QED) is 0.710. The zero-order valence-electron chi connectivity index (χ0n) is 13.2. The molecule has 4 nitrogen and oxygen atoms in total. The maximum Gasteiger partial charge on any atom is 0.320 e. The van der Waals surface area contributed by atoms with E-state index in [1.165, 1.54) is 10.9 Å². The first-order chi connectivity index (χ1) is 11.2. The maximum atomic E-state index is 11.9. The van der Waals surface area contributed by atoms with E-state index < -0.39 is 0 Å². The predicted molar refractivity (Wildman–Crippen MR) is 90.9 cm³/mol. The molecule has 0 atom stereocenters. The van der Waals surface area contributed by atoms with Gasteiger partial charge in [0.15, 0.2) is 0 Å². The molecule has 1 N–H and O–H groups in total. The van der Waals surface area contributed by atoms with Crippen LogP contribution in [-0.2, 0) is 22.7 Å². The minimum atomic E-state index is -0.209. The summed E-state index contributed by atoms with van der Waals surface area (Å²) in [6.07, 6.45) is 1.93. The summed E-state index contributed by atoms with van der Waals surface area (Å²) in [5, 5.41) is 1.18. The number of hydrogen-bond acceptors (Lipinski definition) is 3. The Morgan fingerprint density at radius 3 is 2.74 bits per heavy atom. The summed E-state index contributed by atoms with van der Waals surface area (Å²) in [6, 6.07) is 18.0. The third kappa shape index (κ3) is 4.20. The van der Waals surface area contributed by atoms with Crippen molar-refractivity contribution in [2.75, 3.05) is 13.6 Å². The molecule has 0 aliphatic heterocycles. The number of esters is 1.